The molecule has 1 atom stereocenters. The molecule has 2 amide bonds. The number of amides is 2. The van der Waals surface area contributed by atoms with Gasteiger partial charge in [-0.2, -0.15) is 0 Å². The Labute approximate surface area is 267 Å². The van der Waals surface area contributed by atoms with Crippen LogP contribution in [0.15, 0.2) is 108 Å². The molecule has 0 spiro atoms. The van der Waals surface area contributed by atoms with Crippen molar-refractivity contribution in [3.8, 4) is 0 Å². The number of carbonyl (C=O) groups is 2. The molecule has 0 heterocycles. The highest BCUT2D eigenvalue weighted by atomic mass is 35.5. The molecule has 0 saturated carbocycles. The van der Waals surface area contributed by atoms with Crippen molar-refractivity contribution in [2.24, 2.45) is 5.92 Å². The summed E-state index contributed by atoms with van der Waals surface area (Å²) in [5.74, 6) is -2.24. The van der Waals surface area contributed by atoms with Gasteiger partial charge in [0.05, 0.1) is 15.6 Å². The molecule has 4 aromatic rings. The smallest absolute Gasteiger partial charge is 0.264 e. The van der Waals surface area contributed by atoms with Crippen molar-refractivity contribution in [3.63, 3.8) is 0 Å². The zero-order valence-electron chi connectivity index (χ0n) is 24.9. The molecule has 0 bridgehead atoms. The number of sulfonamides is 1. The molecule has 1 N–H and O–H groups in total. The summed E-state index contributed by atoms with van der Waals surface area (Å²) in [5, 5.41) is 2.58. The minimum atomic E-state index is -4.36. The van der Waals surface area contributed by atoms with Crippen molar-refractivity contribution in [2.45, 2.75) is 37.8 Å². The molecular weight excluding hydrogens is 620 g/mol. The Balaban J connectivity index is 1.80. The van der Waals surface area contributed by atoms with Gasteiger partial charge in [-0.25, -0.2) is 17.2 Å². The molecule has 45 heavy (non-hydrogen) atoms. The van der Waals surface area contributed by atoms with Gasteiger partial charge >= 0.3 is 0 Å². The van der Waals surface area contributed by atoms with Crippen LogP contribution < -0.4 is 9.62 Å². The van der Waals surface area contributed by atoms with Gasteiger partial charge in [0.2, 0.25) is 11.8 Å². The van der Waals surface area contributed by atoms with E-state index < -0.39 is 46.1 Å². The molecule has 11 heteroatoms. The third-order valence-electron chi connectivity index (χ3n) is 7.02. The molecule has 4 aromatic carbocycles. The highest BCUT2D eigenvalue weighted by Crippen LogP contribution is 2.28. The van der Waals surface area contributed by atoms with Crippen LogP contribution in [0.5, 0.6) is 0 Å². The fourth-order valence-electron chi connectivity index (χ4n) is 4.65. The predicted octanol–water partition coefficient (Wildman–Crippen LogP) is 6.23. The van der Waals surface area contributed by atoms with E-state index >= 15 is 0 Å². The summed E-state index contributed by atoms with van der Waals surface area (Å²) in [6.07, 6.45) is 0.130. The van der Waals surface area contributed by atoms with E-state index in [0.29, 0.717) is 12.1 Å². The number of anilines is 1. The van der Waals surface area contributed by atoms with Crippen molar-refractivity contribution >= 4 is 39.1 Å². The lowest BCUT2D eigenvalue weighted by atomic mass is 10.0. The zero-order chi connectivity index (χ0) is 32.6. The second-order valence-corrected chi connectivity index (χ2v) is 13.2. The first-order valence-electron chi connectivity index (χ1n) is 14.3. The molecule has 4 rings (SSSR count). The monoisotopic (exact) mass is 653 g/mol. The Morgan fingerprint density at radius 2 is 1.47 bits per heavy atom. The lowest BCUT2D eigenvalue weighted by Crippen LogP contribution is -2.53. The van der Waals surface area contributed by atoms with Gasteiger partial charge in [-0.15, -0.1) is 0 Å². The number of hydrogen-bond donors (Lipinski definition) is 1. The average Bonchev–Trinajstić information content (AvgIpc) is 3.03. The van der Waals surface area contributed by atoms with E-state index in [1.807, 2.05) is 44.2 Å². The number of halogens is 3. The summed E-state index contributed by atoms with van der Waals surface area (Å²) in [4.78, 5) is 29.3. The Hall–Kier alpha value is -4.28. The molecule has 0 unspecified atom stereocenters. The van der Waals surface area contributed by atoms with E-state index in [4.69, 9.17) is 11.6 Å². The van der Waals surface area contributed by atoms with E-state index in [-0.39, 0.29) is 34.5 Å². The SMILES string of the molecule is CC(C)CNC(=O)[C@@H](Cc1ccccc1)N(Cc1ccc(F)cc1)C(=O)CN(c1ccc(F)c(Cl)c1)S(=O)(=O)c1ccccc1. The van der Waals surface area contributed by atoms with Gasteiger partial charge in [-0.1, -0.05) is 86.1 Å². The van der Waals surface area contributed by atoms with Crippen LogP contribution in [0.25, 0.3) is 0 Å². The van der Waals surface area contributed by atoms with Crippen molar-refractivity contribution in [1.82, 2.24) is 10.2 Å². The van der Waals surface area contributed by atoms with Gasteiger partial charge in [0.1, 0.15) is 24.2 Å². The lowest BCUT2D eigenvalue weighted by molar-refractivity contribution is -0.140. The van der Waals surface area contributed by atoms with Gasteiger partial charge in [0.15, 0.2) is 0 Å². The quantitative estimate of drug-likeness (QED) is 0.186. The average molecular weight is 654 g/mol. The number of nitrogens with zero attached hydrogens (tertiary/aromatic N) is 2. The Morgan fingerprint density at radius 3 is 2.07 bits per heavy atom. The Kier molecular flexibility index (Phi) is 11.3. The van der Waals surface area contributed by atoms with Crippen molar-refractivity contribution in [2.75, 3.05) is 17.4 Å². The van der Waals surface area contributed by atoms with Crippen LogP contribution in [0, 0.1) is 17.6 Å². The molecule has 236 valence electrons. The summed E-state index contributed by atoms with van der Waals surface area (Å²) in [7, 11) is -4.36. The topological polar surface area (TPSA) is 86.8 Å². The van der Waals surface area contributed by atoms with E-state index in [9.17, 15) is 26.8 Å². The molecule has 7 nitrogen and oxygen atoms in total. The van der Waals surface area contributed by atoms with Crippen LogP contribution >= 0.6 is 11.6 Å². The first-order valence-corrected chi connectivity index (χ1v) is 16.2. The first-order chi connectivity index (χ1) is 21.5. The third kappa shape index (κ3) is 8.89. The van der Waals surface area contributed by atoms with E-state index in [1.54, 1.807) is 18.2 Å². The standard InChI is InChI=1S/C34H34ClF2N3O4S/c1-24(2)21-38-34(42)32(19-25-9-5-3-6-10-25)39(22-26-13-15-27(36)16-14-26)33(41)23-40(28-17-18-31(37)30(35)20-28)45(43,44)29-11-7-4-8-12-29/h3-18,20,24,32H,19,21-23H2,1-2H3,(H,38,42)/t32-/m1/s1. The number of carbonyl (C=O) groups excluding carboxylic acids is 2. The summed E-state index contributed by atoms with van der Waals surface area (Å²) >= 11 is 6.04. The number of nitrogens with one attached hydrogen (secondary N) is 1. The summed E-state index contributed by atoms with van der Waals surface area (Å²) < 4.78 is 56.7. The van der Waals surface area contributed by atoms with Gasteiger partial charge in [0, 0.05) is 19.5 Å². The van der Waals surface area contributed by atoms with E-state index in [0.717, 1.165) is 22.0 Å². The van der Waals surface area contributed by atoms with Crippen molar-refractivity contribution in [1.29, 1.82) is 0 Å². The lowest BCUT2D eigenvalue weighted by Gasteiger charge is -2.34. The first kappa shape index (κ1) is 33.6. The molecule has 0 saturated heterocycles. The van der Waals surface area contributed by atoms with Crippen molar-refractivity contribution < 1.29 is 26.8 Å². The van der Waals surface area contributed by atoms with Crippen LogP contribution in [0.2, 0.25) is 5.02 Å². The summed E-state index contributed by atoms with van der Waals surface area (Å²) in [6.45, 7) is 3.38. The third-order valence-corrected chi connectivity index (χ3v) is 9.10. The highest BCUT2D eigenvalue weighted by Gasteiger charge is 2.34. The maximum atomic E-state index is 14.4. The number of hydrogen-bond acceptors (Lipinski definition) is 4. The highest BCUT2D eigenvalue weighted by molar-refractivity contribution is 7.92. The number of rotatable bonds is 13. The van der Waals surface area contributed by atoms with Gasteiger partial charge in [0.25, 0.3) is 10.0 Å². The van der Waals surface area contributed by atoms with E-state index in [1.165, 1.54) is 47.4 Å². The maximum Gasteiger partial charge on any atom is 0.264 e. The zero-order valence-corrected chi connectivity index (χ0v) is 26.4. The second-order valence-electron chi connectivity index (χ2n) is 10.9. The van der Waals surface area contributed by atoms with Crippen molar-refractivity contribution in [3.05, 3.63) is 131 Å². The molecule has 0 aromatic heterocycles. The van der Waals surface area contributed by atoms with E-state index in [2.05, 4.69) is 5.32 Å². The molecule has 0 aliphatic rings. The maximum absolute atomic E-state index is 14.4. The summed E-state index contributed by atoms with van der Waals surface area (Å²) in [5.41, 5.74) is 1.27. The molecule has 0 aliphatic carbocycles. The molecular formula is C34H34ClF2N3O4S. The summed E-state index contributed by atoms with van der Waals surface area (Å²) in [6, 6.07) is 24.4. The van der Waals surface area contributed by atoms with Gasteiger partial charge in [-0.3, -0.25) is 13.9 Å². The van der Waals surface area contributed by atoms with Crippen LogP contribution in [-0.4, -0.2) is 44.3 Å². The predicted molar refractivity (Wildman–Crippen MR) is 171 cm³/mol. The minimum Gasteiger partial charge on any atom is -0.354 e. The van der Waals surface area contributed by atoms with Gasteiger partial charge in [-0.05, 0) is 59.5 Å². The minimum absolute atomic E-state index is 0.0378. The molecule has 0 fully saturated rings. The van der Waals surface area contributed by atoms with Crippen LogP contribution in [0.3, 0.4) is 0 Å². The molecule has 0 radical (unpaired) electrons. The van der Waals surface area contributed by atoms with Gasteiger partial charge < -0.3 is 10.2 Å². The fourth-order valence-corrected chi connectivity index (χ4v) is 6.25. The largest absolute Gasteiger partial charge is 0.354 e. The molecule has 0 aliphatic heterocycles. The fraction of sp³-hybridized carbons (Fsp3) is 0.235. The Bertz CT molecular complexity index is 1710. The van der Waals surface area contributed by atoms with Crippen LogP contribution in [-0.2, 0) is 32.6 Å². The van der Waals surface area contributed by atoms with Crippen LogP contribution in [0.4, 0.5) is 14.5 Å². The number of benzene rings is 4. The Morgan fingerprint density at radius 1 is 0.844 bits per heavy atom. The normalized spacial score (nSPS) is 12.0. The van der Waals surface area contributed by atoms with Crippen LogP contribution in [0.1, 0.15) is 25.0 Å². The second kappa shape index (κ2) is 15.1.